The van der Waals surface area contributed by atoms with E-state index < -0.39 is 29.6 Å². The van der Waals surface area contributed by atoms with Crippen LogP contribution in [0, 0.1) is 25.7 Å². The number of nitrogens with one attached hydrogen (secondary N) is 2. The average Bonchev–Trinajstić information content (AvgIpc) is 3.32. The molecule has 2 atom stereocenters. The lowest BCUT2D eigenvalue weighted by molar-refractivity contribution is -0.218. The Labute approximate surface area is 172 Å². The second-order valence-corrected chi connectivity index (χ2v) is 8.63. The summed E-state index contributed by atoms with van der Waals surface area (Å²) < 4.78 is 44.1. The molecule has 1 aromatic carbocycles. The molecule has 30 heavy (non-hydrogen) atoms. The molecule has 1 saturated carbocycles. The van der Waals surface area contributed by atoms with Crippen molar-refractivity contribution in [1.29, 1.82) is 0 Å². The lowest BCUT2D eigenvalue weighted by Gasteiger charge is -2.33. The number of rotatable bonds is 4. The molecule has 0 spiro atoms. The summed E-state index contributed by atoms with van der Waals surface area (Å²) in [5.74, 6) is -2.66. The Hall–Kier alpha value is -2.58. The van der Waals surface area contributed by atoms with Crippen LogP contribution in [0.5, 0.6) is 0 Å². The quantitative estimate of drug-likeness (QED) is 0.777. The summed E-state index contributed by atoms with van der Waals surface area (Å²) >= 11 is 0. The number of hydrogen-bond donors (Lipinski definition) is 2. The molecule has 0 radical (unpaired) electrons. The predicted molar refractivity (Wildman–Crippen MR) is 106 cm³/mol. The molecular weight excluding hydrogens is 397 g/mol. The monoisotopic (exact) mass is 422 g/mol. The maximum atomic E-state index is 14.4. The average molecular weight is 422 g/mol. The smallest absolute Gasteiger partial charge is 0.317 e. The van der Waals surface area contributed by atoms with Crippen molar-refractivity contribution >= 4 is 28.8 Å². The summed E-state index contributed by atoms with van der Waals surface area (Å²) in [5, 5.41) is 4.29. The third-order valence-electron chi connectivity index (χ3n) is 6.48. The fourth-order valence-corrected chi connectivity index (χ4v) is 4.64. The van der Waals surface area contributed by atoms with E-state index in [4.69, 9.17) is 0 Å². The van der Waals surface area contributed by atoms with Crippen molar-refractivity contribution in [1.82, 2.24) is 14.9 Å². The fraction of sp³-hybridized carbons (Fsp3) is 0.571. The zero-order valence-electron chi connectivity index (χ0n) is 17.2. The highest BCUT2D eigenvalue weighted by Gasteiger charge is 2.67. The Morgan fingerprint density at radius 2 is 1.93 bits per heavy atom. The Bertz CT molecular complexity index is 1020. The zero-order chi connectivity index (χ0) is 21.8. The number of halogens is 3. The summed E-state index contributed by atoms with van der Waals surface area (Å²) in [5.41, 5.74) is -1.11. The summed E-state index contributed by atoms with van der Waals surface area (Å²) in [6.45, 7) is 5.22. The summed E-state index contributed by atoms with van der Waals surface area (Å²) in [6, 6.07) is 3.24. The highest BCUT2D eigenvalue weighted by atomic mass is 19.4. The maximum Gasteiger partial charge on any atom is 0.440 e. The normalized spacial score (nSPS) is 22.9. The first kappa shape index (κ1) is 20.7. The SMILES string of the molecule is Cc1cc2nc3n(c2cc1C)C(NC(=O)[C@@H](C)CC1CCCC1)(C(F)(F)F)C(=O)N3. The Balaban J connectivity index is 1.77. The standard InChI is InChI=1S/C21H25F3N4O2/c1-11-9-15-16(10-12(11)2)28-19(25-15)26-18(30)20(28,21(22,23)24)27-17(29)13(3)8-14-6-4-5-7-14/h9-10,13-14H,4-8H2,1-3H3,(H,27,29)(H,25,26,30)/t13-,20?/m0/s1. The van der Waals surface area contributed by atoms with Crippen molar-refractivity contribution in [3.05, 3.63) is 23.3 Å². The van der Waals surface area contributed by atoms with Gasteiger partial charge < -0.3 is 5.32 Å². The lowest BCUT2D eigenvalue weighted by atomic mass is 9.93. The van der Waals surface area contributed by atoms with Gasteiger partial charge >= 0.3 is 6.18 Å². The molecule has 2 heterocycles. The van der Waals surface area contributed by atoms with Crippen molar-refractivity contribution in [2.24, 2.45) is 11.8 Å². The molecule has 2 N–H and O–H groups in total. The van der Waals surface area contributed by atoms with E-state index >= 15 is 0 Å². The molecule has 2 aliphatic rings. The third kappa shape index (κ3) is 3.06. The van der Waals surface area contributed by atoms with E-state index in [1.807, 2.05) is 6.92 Å². The van der Waals surface area contributed by atoms with Crippen molar-refractivity contribution in [2.45, 2.75) is 64.7 Å². The van der Waals surface area contributed by atoms with Gasteiger partial charge in [-0.1, -0.05) is 32.6 Å². The van der Waals surface area contributed by atoms with Crippen LogP contribution in [0.2, 0.25) is 0 Å². The van der Waals surface area contributed by atoms with Gasteiger partial charge in [-0.05, 0) is 49.4 Å². The van der Waals surface area contributed by atoms with Crippen molar-refractivity contribution in [3.63, 3.8) is 0 Å². The van der Waals surface area contributed by atoms with Crippen LogP contribution in [-0.4, -0.2) is 27.5 Å². The molecule has 1 fully saturated rings. The summed E-state index contributed by atoms with van der Waals surface area (Å²) in [4.78, 5) is 29.7. The molecule has 1 aliphatic heterocycles. The van der Waals surface area contributed by atoms with Crippen LogP contribution in [0.15, 0.2) is 12.1 Å². The van der Waals surface area contributed by atoms with E-state index in [-0.39, 0.29) is 11.5 Å². The van der Waals surface area contributed by atoms with Gasteiger partial charge in [0.2, 0.25) is 11.9 Å². The third-order valence-corrected chi connectivity index (χ3v) is 6.48. The topological polar surface area (TPSA) is 76.0 Å². The highest BCUT2D eigenvalue weighted by molar-refractivity contribution is 6.05. The molecule has 162 valence electrons. The molecule has 6 nitrogen and oxygen atoms in total. The molecule has 2 aromatic rings. The first-order chi connectivity index (χ1) is 14.0. The molecule has 9 heteroatoms. The van der Waals surface area contributed by atoms with Crippen LogP contribution in [0.4, 0.5) is 19.1 Å². The predicted octanol–water partition coefficient (Wildman–Crippen LogP) is 4.15. The Morgan fingerprint density at radius 3 is 2.57 bits per heavy atom. The second kappa shape index (κ2) is 6.99. The number of aromatic nitrogens is 2. The zero-order valence-corrected chi connectivity index (χ0v) is 17.2. The highest BCUT2D eigenvalue weighted by Crippen LogP contribution is 2.44. The van der Waals surface area contributed by atoms with Gasteiger partial charge in [0.25, 0.3) is 11.6 Å². The minimum absolute atomic E-state index is 0.146. The van der Waals surface area contributed by atoms with Gasteiger partial charge in [0.1, 0.15) is 0 Å². The number of anilines is 1. The number of amides is 2. The van der Waals surface area contributed by atoms with Crippen LogP contribution in [0.1, 0.15) is 50.2 Å². The molecular formula is C21H25F3N4O2. The number of imidazole rings is 1. The van der Waals surface area contributed by atoms with Crippen LogP contribution < -0.4 is 10.6 Å². The first-order valence-electron chi connectivity index (χ1n) is 10.2. The van der Waals surface area contributed by atoms with Gasteiger partial charge in [0.15, 0.2) is 0 Å². The van der Waals surface area contributed by atoms with Gasteiger partial charge in [-0.25, -0.2) is 4.98 Å². The van der Waals surface area contributed by atoms with Crippen LogP contribution in [-0.2, 0) is 15.3 Å². The Kier molecular flexibility index (Phi) is 4.82. The molecule has 0 saturated heterocycles. The van der Waals surface area contributed by atoms with E-state index in [1.165, 1.54) is 0 Å². The van der Waals surface area contributed by atoms with Gasteiger partial charge in [0, 0.05) is 5.92 Å². The Morgan fingerprint density at radius 1 is 1.30 bits per heavy atom. The summed E-state index contributed by atoms with van der Waals surface area (Å²) in [7, 11) is 0. The largest absolute Gasteiger partial charge is 0.440 e. The van der Waals surface area contributed by atoms with Crippen LogP contribution >= 0.6 is 0 Å². The van der Waals surface area contributed by atoms with E-state index in [1.54, 1.807) is 26.0 Å². The first-order valence-corrected chi connectivity index (χ1v) is 10.2. The molecule has 4 rings (SSSR count). The van der Waals surface area contributed by atoms with Crippen molar-refractivity contribution in [3.8, 4) is 0 Å². The number of alkyl halides is 3. The van der Waals surface area contributed by atoms with Gasteiger partial charge in [0.05, 0.1) is 11.0 Å². The molecule has 1 aromatic heterocycles. The lowest BCUT2D eigenvalue weighted by Crippen LogP contribution is -2.64. The molecule has 1 unspecified atom stereocenters. The number of aryl methyl sites for hydroxylation is 2. The second-order valence-electron chi connectivity index (χ2n) is 8.63. The van der Waals surface area contributed by atoms with Gasteiger partial charge in [-0.15, -0.1) is 0 Å². The minimum Gasteiger partial charge on any atom is -0.317 e. The molecule has 1 aliphatic carbocycles. The van der Waals surface area contributed by atoms with E-state index in [2.05, 4.69) is 15.6 Å². The number of fused-ring (bicyclic) bond motifs is 3. The minimum atomic E-state index is -5.06. The number of carbonyl (C=O) groups excluding carboxylic acids is 2. The van der Waals surface area contributed by atoms with Crippen molar-refractivity contribution in [2.75, 3.05) is 5.32 Å². The summed E-state index contributed by atoms with van der Waals surface area (Å²) in [6.07, 6.45) is -0.419. The molecule has 0 bridgehead atoms. The van der Waals surface area contributed by atoms with Gasteiger partial charge in [-0.3, -0.25) is 19.5 Å². The van der Waals surface area contributed by atoms with Gasteiger partial charge in [-0.2, -0.15) is 13.2 Å². The van der Waals surface area contributed by atoms with E-state index in [0.29, 0.717) is 17.9 Å². The van der Waals surface area contributed by atoms with E-state index in [0.717, 1.165) is 41.4 Å². The fourth-order valence-electron chi connectivity index (χ4n) is 4.64. The van der Waals surface area contributed by atoms with Crippen LogP contribution in [0.3, 0.4) is 0 Å². The maximum absolute atomic E-state index is 14.4. The molecule has 2 amide bonds. The van der Waals surface area contributed by atoms with E-state index in [9.17, 15) is 22.8 Å². The number of carbonyl (C=O) groups is 2. The van der Waals surface area contributed by atoms with Crippen molar-refractivity contribution < 1.29 is 22.8 Å². The number of nitrogens with zero attached hydrogens (tertiary/aromatic N) is 2. The number of hydrogen-bond acceptors (Lipinski definition) is 3. The van der Waals surface area contributed by atoms with Crippen LogP contribution in [0.25, 0.3) is 11.0 Å². The number of benzene rings is 1.